The average molecular weight is 226 g/mol. The third-order valence-electron chi connectivity index (χ3n) is 2.87. The normalized spacial score (nSPS) is 16.8. The van der Waals surface area contributed by atoms with Gasteiger partial charge in [-0.05, 0) is 23.8 Å². The number of amidine groups is 1. The van der Waals surface area contributed by atoms with Gasteiger partial charge in [0.05, 0.1) is 12.1 Å². The van der Waals surface area contributed by atoms with Gasteiger partial charge in [-0.15, -0.1) is 0 Å². The highest BCUT2D eigenvalue weighted by Gasteiger charge is 2.24. The first kappa shape index (κ1) is 9.84. The van der Waals surface area contributed by atoms with Crippen molar-refractivity contribution in [3.8, 4) is 0 Å². The number of para-hydroxylation sites is 1. The average Bonchev–Trinajstić information content (AvgIpc) is 2.38. The van der Waals surface area contributed by atoms with Crippen molar-refractivity contribution < 1.29 is 9.90 Å². The van der Waals surface area contributed by atoms with Crippen LogP contribution >= 0.6 is 0 Å². The van der Waals surface area contributed by atoms with Gasteiger partial charge in [0.2, 0.25) is 0 Å². The number of rotatable bonds is 1. The molecule has 0 unspecified atom stereocenters. The number of hydrogen-bond acceptors (Lipinski definition) is 3. The molecule has 0 atom stereocenters. The summed E-state index contributed by atoms with van der Waals surface area (Å²) in [6.45, 7) is 0.357. The molecule has 0 aromatic heterocycles. The van der Waals surface area contributed by atoms with E-state index in [1.54, 1.807) is 0 Å². The van der Waals surface area contributed by atoms with Gasteiger partial charge in [-0.25, -0.2) is 9.79 Å². The van der Waals surface area contributed by atoms with Gasteiger partial charge in [0, 0.05) is 11.9 Å². The smallest absolute Gasteiger partial charge is 0.334 e. The topological polar surface area (TPSA) is 52.9 Å². The fraction of sp³-hybridized carbons (Fsp3) is 0.0769. The molecular weight excluding hydrogens is 216 g/mol. The molecule has 3 rings (SSSR count). The van der Waals surface area contributed by atoms with Gasteiger partial charge >= 0.3 is 5.97 Å². The van der Waals surface area contributed by atoms with Gasteiger partial charge in [-0.2, -0.15) is 0 Å². The van der Waals surface area contributed by atoms with Crippen LogP contribution in [0, 0.1) is 0 Å². The monoisotopic (exact) mass is 226 g/mol. The number of carboxylic acids is 1. The van der Waals surface area contributed by atoms with E-state index in [0.717, 1.165) is 17.1 Å². The largest absolute Gasteiger partial charge is 0.478 e. The predicted octanol–water partition coefficient (Wildman–Crippen LogP) is 1.90. The maximum atomic E-state index is 11.0. The summed E-state index contributed by atoms with van der Waals surface area (Å²) in [7, 11) is 0. The highest BCUT2D eigenvalue weighted by Crippen LogP contribution is 2.28. The van der Waals surface area contributed by atoms with E-state index in [-0.39, 0.29) is 0 Å². The van der Waals surface area contributed by atoms with Crippen molar-refractivity contribution in [1.82, 2.24) is 0 Å². The van der Waals surface area contributed by atoms with Gasteiger partial charge in [-0.3, -0.25) is 0 Å². The number of nitrogens with zero attached hydrogens (tertiary/aromatic N) is 2. The lowest BCUT2D eigenvalue weighted by molar-refractivity contribution is -0.132. The Kier molecular flexibility index (Phi) is 2.08. The summed E-state index contributed by atoms with van der Waals surface area (Å²) in [5.74, 6) is -0.131. The Morgan fingerprint density at radius 3 is 2.94 bits per heavy atom. The first-order valence-corrected chi connectivity index (χ1v) is 5.30. The fourth-order valence-electron chi connectivity index (χ4n) is 2.01. The molecule has 0 saturated heterocycles. The Bertz CT molecular complexity index is 585. The minimum atomic E-state index is -0.917. The molecule has 1 aromatic carbocycles. The molecule has 0 radical (unpaired) electrons. The van der Waals surface area contributed by atoms with Gasteiger partial charge in [0.15, 0.2) is 0 Å². The van der Waals surface area contributed by atoms with Crippen LogP contribution in [0.15, 0.2) is 47.1 Å². The molecule has 0 bridgehead atoms. The molecule has 4 heteroatoms. The summed E-state index contributed by atoms with van der Waals surface area (Å²) in [4.78, 5) is 17.0. The van der Waals surface area contributed by atoms with E-state index < -0.39 is 5.97 Å². The molecule has 17 heavy (non-hydrogen) atoms. The van der Waals surface area contributed by atoms with Crippen LogP contribution in [-0.4, -0.2) is 23.5 Å². The van der Waals surface area contributed by atoms with Crippen LogP contribution in [0.5, 0.6) is 0 Å². The van der Waals surface area contributed by atoms with Crippen LogP contribution in [0.2, 0.25) is 0 Å². The van der Waals surface area contributed by atoms with Gasteiger partial charge < -0.3 is 10.0 Å². The molecule has 0 amide bonds. The second-order valence-corrected chi connectivity index (χ2v) is 3.93. The summed E-state index contributed by atoms with van der Waals surface area (Å²) < 4.78 is 0. The lowest BCUT2D eigenvalue weighted by Gasteiger charge is -2.31. The number of anilines is 1. The lowest BCUT2D eigenvalue weighted by atomic mass is 10.1. The maximum Gasteiger partial charge on any atom is 0.334 e. The summed E-state index contributed by atoms with van der Waals surface area (Å²) >= 11 is 0. The Labute approximate surface area is 98.2 Å². The molecule has 1 N–H and O–H groups in total. The van der Waals surface area contributed by atoms with Crippen molar-refractivity contribution in [3.63, 3.8) is 0 Å². The fourth-order valence-corrected chi connectivity index (χ4v) is 2.01. The molecule has 0 fully saturated rings. The third-order valence-corrected chi connectivity index (χ3v) is 2.87. The van der Waals surface area contributed by atoms with E-state index in [2.05, 4.69) is 4.99 Å². The van der Waals surface area contributed by atoms with Crippen LogP contribution in [0.1, 0.15) is 5.56 Å². The predicted molar refractivity (Wildman–Crippen MR) is 66.0 cm³/mol. The Balaban J connectivity index is 2.08. The highest BCUT2D eigenvalue weighted by atomic mass is 16.4. The zero-order valence-corrected chi connectivity index (χ0v) is 9.00. The molecular formula is C13H10N2O2. The van der Waals surface area contributed by atoms with Crippen LogP contribution in [0.4, 0.5) is 5.69 Å². The quantitative estimate of drug-likeness (QED) is 0.795. The van der Waals surface area contributed by atoms with E-state index in [0.29, 0.717) is 12.1 Å². The first-order chi connectivity index (χ1) is 8.25. The van der Waals surface area contributed by atoms with Crippen LogP contribution in [0.25, 0.3) is 6.08 Å². The number of aliphatic carboxylic acids is 1. The van der Waals surface area contributed by atoms with Crippen molar-refractivity contribution in [2.75, 3.05) is 11.4 Å². The zero-order valence-electron chi connectivity index (χ0n) is 9.00. The molecule has 2 aliphatic heterocycles. The summed E-state index contributed by atoms with van der Waals surface area (Å²) in [5, 5.41) is 8.99. The van der Waals surface area contributed by atoms with E-state index in [1.165, 1.54) is 6.20 Å². The minimum absolute atomic E-state index is 0.304. The van der Waals surface area contributed by atoms with Crippen molar-refractivity contribution in [2.45, 2.75) is 0 Å². The van der Waals surface area contributed by atoms with Gasteiger partial charge in [0.25, 0.3) is 0 Å². The zero-order chi connectivity index (χ0) is 11.8. The molecule has 4 nitrogen and oxygen atoms in total. The van der Waals surface area contributed by atoms with E-state index in [1.807, 2.05) is 41.3 Å². The number of fused-ring (bicyclic) bond motifs is 3. The molecule has 0 spiro atoms. The molecule has 0 saturated carbocycles. The SMILES string of the molecule is O=C(O)C1=CN=C2C=Cc3ccccc3N2C1. The van der Waals surface area contributed by atoms with Crippen LogP contribution in [-0.2, 0) is 4.79 Å². The van der Waals surface area contributed by atoms with E-state index in [9.17, 15) is 4.79 Å². The standard InChI is InChI=1S/C13H10N2O2/c16-13(17)10-7-14-12-6-5-9-3-1-2-4-11(9)15(12)8-10/h1-7H,8H2,(H,16,17). The lowest BCUT2D eigenvalue weighted by Crippen LogP contribution is -2.37. The van der Waals surface area contributed by atoms with Crippen molar-refractivity contribution in [1.29, 1.82) is 0 Å². The summed E-state index contributed by atoms with van der Waals surface area (Å²) in [6, 6.07) is 7.87. The molecule has 0 aliphatic carbocycles. The number of hydrogen-bond donors (Lipinski definition) is 1. The second-order valence-electron chi connectivity index (χ2n) is 3.93. The van der Waals surface area contributed by atoms with E-state index in [4.69, 9.17) is 5.11 Å². The summed E-state index contributed by atoms with van der Waals surface area (Å²) in [5.41, 5.74) is 2.39. The number of benzene rings is 1. The molecule has 2 aliphatic rings. The maximum absolute atomic E-state index is 11.0. The first-order valence-electron chi connectivity index (χ1n) is 5.30. The Hall–Kier alpha value is -2.36. The molecule has 1 aromatic rings. The van der Waals surface area contributed by atoms with Crippen molar-refractivity contribution >= 4 is 23.6 Å². The van der Waals surface area contributed by atoms with Crippen molar-refractivity contribution in [2.24, 2.45) is 4.99 Å². The number of aliphatic imine (C=N–C) groups is 1. The second kappa shape index (κ2) is 3.59. The number of carboxylic acid groups (broad SMARTS) is 1. The Morgan fingerprint density at radius 2 is 2.12 bits per heavy atom. The van der Waals surface area contributed by atoms with E-state index >= 15 is 0 Å². The molecule has 2 heterocycles. The van der Waals surface area contributed by atoms with Crippen LogP contribution in [0.3, 0.4) is 0 Å². The van der Waals surface area contributed by atoms with Gasteiger partial charge in [-0.1, -0.05) is 18.2 Å². The third kappa shape index (κ3) is 1.54. The minimum Gasteiger partial charge on any atom is -0.478 e. The van der Waals surface area contributed by atoms with Crippen molar-refractivity contribution in [3.05, 3.63) is 47.7 Å². The molecule has 84 valence electrons. The number of carbonyl (C=O) groups is 1. The summed E-state index contributed by atoms with van der Waals surface area (Å²) in [6.07, 6.45) is 5.31. The van der Waals surface area contributed by atoms with Gasteiger partial charge in [0.1, 0.15) is 5.84 Å². The highest BCUT2D eigenvalue weighted by molar-refractivity contribution is 6.14. The van der Waals surface area contributed by atoms with Crippen LogP contribution < -0.4 is 4.90 Å². The Morgan fingerprint density at radius 1 is 1.29 bits per heavy atom.